The van der Waals surface area contributed by atoms with Crippen LogP contribution in [0.1, 0.15) is 5.56 Å². The van der Waals surface area contributed by atoms with E-state index in [1.54, 1.807) is 18.9 Å². The molecular formula is C18H17Cl2N3OS. The SMILES string of the molecule is COCCn1c(SCc2ccccc2Cl)nnc1-c1ccc(Cl)cc1. The Hall–Kier alpha value is -1.53. The molecule has 2 aromatic carbocycles. The van der Waals surface area contributed by atoms with Crippen LogP contribution in [0.25, 0.3) is 11.4 Å². The molecule has 0 atom stereocenters. The van der Waals surface area contributed by atoms with Crippen LogP contribution < -0.4 is 0 Å². The highest BCUT2D eigenvalue weighted by Gasteiger charge is 2.15. The van der Waals surface area contributed by atoms with Gasteiger partial charge in [-0.25, -0.2) is 0 Å². The average molecular weight is 394 g/mol. The molecule has 4 nitrogen and oxygen atoms in total. The van der Waals surface area contributed by atoms with Gasteiger partial charge in [0.05, 0.1) is 13.2 Å². The van der Waals surface area contributed by atoms with E-state index in [1.807, 2.05) is 48.5 Å². The number of aromatic nitrogens is 3. The normalized spacial score (nSPS) is 11.0. The molecule has 1 aromatic heterocycles. The number of nitrogens with zero attached hydrogens (tertiary/aromatic N) is 3. The van der Waals surface area contributed by atoms with Gasteiger partial charge in [0, 0.05) is 28.5 Å². The van der Waals surface area contributed by atoms with Gasteiger partial charge in [-0.15, -0.1) is 10.2 Å². The number of thioether (sulfide) groups is 1. The summed E-state index contributed by atoms with van der Waals surface area (Å²) < 4.78 is 7.30. The van der Waals surface area contributed by atoms with Crippen molar-refractivity contribution >= 4 is 35.0 Å². The largest absolute Gasteiger partial charge is 0.383 e. The lowest BCUT2D eigenvalue weighted by Gasteiger charge is -2.10. The molecule has 0 saturated heterocycles. The molecule has 0 radical (unpaired) electrons. The minimum Gasteiger partial charge on any atom is -0.383 e. The smallest absolute Gasteiger partial charge is 0.191 e. The van der Waals surface area contributed by atoms with Gasteiger partial charge in [-0.1, -0.05) is 53.2 Å². The van der Waals surface area contributed by atoms with Gasteiger partial charge in [-0.2, -0.15) is 0 Å². The highest BCUT2D eigenvalue weighted by molar-refractivity contribution is 7.98. The topological polar surface area (TPSA) is 39.9 Å². The highest BCUT2D eigenvalue weighted by atomic mass is 35.5. The van der Waals surface area contributed by atoms with E-state index in [0.717, 1.165) is 32.9 Å². The predicted molar refractivity (Wildman–Crippen MR) is 103 cm³/mol. The zero-order chi connectivity index (χ0) is 17.6. The van der Waals surface area contributed by atoms with E-state index in [-0.39, 0.29) is 0 Å². The van der Waals surface area contributed by atoms with Crippen molar-refractivity contribution in [2.45, 2.75) is 17.5 Å². The molecule has 0 saturated carbocycles. The molecule has 0 spiro atoms. The van der Waals surface area contributed by atoms with Gasteiger partial charge < -0.3 is 4.74 Å². The number of methoxy groups -OCH3 is 1. The van der Waals surface area contributed by atoms with E-state index in [2.05, 4.69) is 14.8 Å². The average Bonchev–Trinajstić information content (AvgIpc) is 3.02. The Labute approximate surface area is 161 Å². The molecule has 0 aliphatic carbocycles. The number of hydrogen-bond donors (Lipinski definition) is 0. The Balaban J connectivity index is 1.86. The van der Waals surface area contributed by atoms with Crippen LogP contribution in [-0.2, 0) is 17.0 Å². The summed E-state index contributed by atoms with van der Waals surface area (Å²) in [5, 5.41) is 11.0. The lowest BCUT2D eigenvalue weighted by molar-refractivity contribution is 0.185. The number of benzene rings is 2. The molecule has 3 aromatic rings. The van der Waals surface area contributed by atoms with Crippen molar-refractivity contribution in [3.63, 3.8) is 0 Å². The van der Waals surface area contributed by atoms with Crippen LogP contribution in [0, 0.1) is 0 Å². The number of ether oxygens (including phenoxy) is 1. The van der Waals surface area contributed by atoms with E-state index in [1.165, 1.54) is 0 Å². The van der Waals surface area contributed by atoms with E-state index in [0.29, 0.717) is 18.2 Å². The summed E-state index contributed by atoms with van der Waals surface area (Å²) in [4.78, 5) is 0. The molecule has 0 aliphatic heterocycles. The summed E-state index contributed by atoms with van der Waals surface area (Å²) in [6, 6.07) is 15.4. The minimum absolute atomic E-state index is 0.582. The second-order valence-electron chi connectivity index (χ2n) is 5.34. The number of hydrogen-bond acceptors (Lipinski definition) is 4. The molecule has 1 heterocycles. The molecule has 0 fully saturated rings. The molecule has 0 unspecified atom stereocenters. The standard InChI is InChI=1S/C18H17Cl2N3OS/c1-24-11-10-23-17(13-6-8-15(19)9-7-13)21-22-18(23)25-12-14-4-2-3-5-16(14)20/h2-9H,10-12H2,1H3. The Morgan fingerprint density at radius 1 is 1.04 bits per heavy atom. The predicted octanol–water partition coefficient (Wildman–Crippen LogP) is 5.19. The maximum Gasteiger partial charge on any atom is 0.191 e. The van der Waals surface area contributed by atoms with Crippen LogP contribution >= 0.6 is 35.0 Å². The van der Waals surface area contributed by atoms with E-state index < -0.39 is 0 Å². The van der Waals surface area contributed by atoms with Crippen molar-refractivity contribution < 1.29 is 4.74 Å². The van der Waals surface area contributed by atoms with E-state index >= 15 is 0 Å². The quantitative estimate of drug-likeness (QED) is 0.517. The molecule has 130 valence electrons. The third-order valence-corrected chi connectivity index (χ3v) is 5.29. The fraction of sp³-hybridized carbons (Fsp3) is 0.222. The van der Waals surface area contributed by atoms with Crippen molar-refractivity contribution in [3.05, 3.63) is 64.1 Å². The van der Waals surface area contributed by atoms with Gasteiger partial charge in [0.2, 0.25) is 0 Å². The third-order valence-electron chi connectivity index (χ3n) is 3.65. The van der Waals surface area contributed by atoms with Gasteiger partial charge in [0.15, 0.2) is 11.0 Å². The minimum atomic E-state index is 0.582. The molecule has 3 rings (SSSR count). The molecule has 0 amide bonds. The summed E-state index contributed by atoms with van der Waals surface area (Å²) in [6.07, 6.45) is 0. The van der Waals surface area contributed by atoms with Gasteiger partial charge in [-0.05, 0) is 35.9 Å². The van der Waals surface area contributed by atoms with Crippen molar-refractivity contribution in [1.82, 2.24) is 14.8 Å². The van der Waals surface area contributed by atoms with Crippen LogP contribution in [-0.4, -0.2) is 28.5 Å². The van der Waals surface area contributed by atoms with Crippen LogP contribution in [0.15, 0.2) is 53.7 Å². The molecular weight excluding hydrogens is 377 g/mol. The van der Waals surface area contributed by atoms with Crippen LogP contribution in [0.3, 0.4) is 0 Å². The van der Waals surface area contributed by atoms with Crippen LogP contribution in [0.5, 0.6) is 0 Å². The lowest BCUT2D eigenvalue weighted by Crippen LogP contribution is -2.07. The Morgan fingerprint density at radius 2 is 1.80 bits per heavy atom. The highest BCUT2D eigenvalue weighted by Crippen LogP contribution is 2.29. The van der Waals surface area contributed by atoms with Gasteiger partial charge in [-0.3, -0.25) is 4.57 Å². The third kappa shape index (κ3) is 4.55. The molecule has 0 bridgehead atoms. The summed E-state index contributed by atoms with van der Waals surface area (Å²) in [5.41, 5.74) is 2.04. The first-order valence-electron chi connectivity index (χ1n) is 7.73. The summed E-state index contributed by atoms with van der Waals surface area (Å²) in [6.45, 7) is 1.25. The van der Waals surface area contributed by atoms with Gasteiger partial charge in [0.25, 0.3) is 0 Å². The first-order chi connectivity index (χ1) is 12.2. The maximum absolute atomic E-state index is 6.24. The van der Waals surface area contributed by atoms with Crippen molar-refractivity contribution in [1.29, 1.82) is 0 Å². The summed E-state index contributed by atoms with van der Waals surface area (Å²) in [5.74, 6) is 1.53. The lowest BCUT2D eigenvalue weighted by atomic mass is 10.2. The first-order valence-corrected chi connectivity index (χ1v) is 9.47. The molecule has 7 heteroatoms. The molecule has 0 aliphatic rings. The zero-order valence-electron chi connectivity index (χ0n) is 13.7. The van der Waals surface area contributed by atoms with Gasteiger partial charge >= 0.3 is 0 Å². The van der Waals surface area contributed by atoms with Crippen molar-refractivity contribution in [2.24, 2.45) is 0 Å². The maximum atomic E-state index is 6.24. The zero-order valence-corrected chi connectivity index (χ0v) is 16.0. The van der Waals surface area contributed by atoms with Crippen molar-refractivity contribution in [3.8, 4) is 11.4 Å². The van der Waals surface area contributed by atoms with Crippen LogP contribution in [0.2, 0.25) is 10.0 Å². The summed E-state index contributed by atoms with van der Waals surface area (Å²) >= 11 is 13.8. The second kappa shape index (κ2) is 8.72. The Kier molecular flexibility index (Phi) is 6.37. The number of rotatable bonds is 7. The van der Waals surface area contributed by atoms with E-state index in [9.17, 15) is 0 Å². The fourth-order valence-electron chi connectivity index (χ4n) is 2.35. The number of halogens is 2. The van der Waals surface area contributed by atoms with Crippen LogP contribution in [0.4, 0.5) is 0 Å². The first kappa shape index (κ1) is 18.3. The Morgan fingerprint density at radius 3 is 2.52 bits per heavy atom. The Bertz CT molecular complexity index is 837. The summed E-state index contributed by atoms with van der Waals surface area (Å²) in [7, 11) is 1.68. The molecule has 0 N–H and O–H groups in total. The second-order valence-corrected chi connectivity index (χ2v) is 7.12. The van der Waals surface area contributed by atoms with E-state index in [4.69, 9.17) is 27.9 Å². The monoisotopic (exact) mass is 393 g/mol. The molecule has 25 heavy (non-hydrogen) atoms. The van der Waals surface area contributed by atoms with Crippen molar-refractivity contribution in [2.75, 3.05) is 13.7 Å². The fourth-order valence-corrected chi connectivity index (χ4v) is 3.73. The van der Waals surface area contributed by atoms with Gasteiger partial charge in [0.1, 0.15) is 0 Å².